The number of halogens is 1. The molecule has 2 aromatic carbocycles. The minimum absolute atomic E-state index is 0.154. The van der Waals surface area contributed by atoms with Gasteiger partial charge in [0.05, 0.1) is 4.90 Å². The number of benzene rings is 2. The number of nitrogens with one attached hydrogen (secondary N) is 2. The lowest BCUT2D eigenvalue weighted by molar-refractivity contribution is -0.116. The third-order valence-corrected chi connectivity index (χ3v) is 5.83. The van der Waals surface area contributed by atoms with Crippen LogP contribution in [0.3, 0.4) is 0 Å². The van der Waals surface area contributed by atoms with Gasteiger partial charge in [0.15, 0.2) is 0 Å². The summed E-state index contributed by atoms with van der Waals surface area (Å²) in [5, 5.41) is 2.73. The fourth-order valence-corrected chi connectivity index (χ4v) is 3.78. The maximum Gasteiger partial charge on any atom is 0.244 e. The Bertz CT molecular complexity index is 1210. The standard InChI is InChI=1S/C23H22FN3O4S/c1-2-27-32(29,30)21-11-8-17(9-12-21)10-13-22(28)26-16-18-5-4-14-25-23(18)31-20-7-3-6-19(24)15-20/h3-15,27H,2,16H2,1H3,(H,26,28)/b13-10+. The highest BCUT2D eigenvalue weighted by molar-refractivity contribution is 7.89. The molecule has 1 amide bonds. The summed E-state index contributed by atoms with van der Waals surface area (Å²) in [4.78, 5) is 16.5. The monoisotopic (exact) mass is 455 g/mol. The summed E-state index contributed by atoms with van der Waals surface area (Å²) in [5.74, 6) is -0.212. The number of sulfonamides is 1. The molecular weight excluding hydrogens is 433 g/mol. The molecule has 1 aromatic heterocycles. The van der Waals surface area contributed by atoms with Gasteiger partial charge in [0.1, 0.15) is 11.6 Å². The van der Waals surface area contributed by atoms with Crippen LogP contribution in [-0.4, -0.2) is 25.9 Å². The number of carbonyl (C=O) groups is 1. The van der Waals surface area contributed by atoms with Gasteiger partial charge in [-0.3, -0.25) is 4.79 Å². The molecule has 3 aromatic rings. The van der Waals surface area contributed by atoms with Crippen molar-refractivity contribution in [3.8, 4) is 11.6 Å². The van der Waals surface area contributed by atoms with E-state index in [1.165, 1.54) is 36.4 Å². The topological polar surface area (TPSA) is 97.4 Å². The molecule has 0 fully saturated rings. The Kier molecular flexibility index (Phi) is 7.69. The van der Waals surface area contributed by atoms with E-state index in [0.29, 0.717) is 23.4 Å². The number of rotatable bonds is 9. The van der Waals surface area contributed by atoms with E-state index in [0.717, 1.165) is 0 Å². The van der Waals surface area contributed by atoms with E-state index in [-0.39, 0.29) is 23.2 Å². The largest absolute Gasteiger partial charge is 0.439 e. The van der Waals surface area contributed by atoms with E-state index >= 15 is 0 Å². The van der Waals surface area contributed by atoms with Crippen LogP contribution in [0.5, 0.6) is 11.6 Å². The lowest BCUT2D eigenvalue weighted by atomic mass is 10.2. The fourth-order valence-electron chi connectivity index (χ4n) is 2.74. The van der Waals surface area contributed by atoms with E-state index in [2.05, 4.69) is 15.0 Å². The van der Waals surface area contributed by atoms with Crippen LogP contribution in [0.2, 0.25) is 0 Å². The summed E-state index contributed by atoms with van der Waals surface area (Å²) in [5.41, 5.74) is 1.29. The van der Waals surface area contributed by atoms with Gasteiger partial charge in [-0.25, -0.2) is 22.5 Å². The van der Waals surface area contributed by atoms with Gasteiger partial charge < -0.3 is 10.1 Å². The van der Waals surface area contributed by atoms with E-state index < -0.39 is 15.8 Å². The highest BCUT2D eigenvalue weighted by Gasteiger charge is 2.11. The zero-order valence-electron chi connectivity index (χ0n) is 17.3. The first kappa shape index (κ1) is 23.1. The molecule has 0 aliphatic rings. The first-order valence-electron chi connectivity index (χ1n) is 9.80. The molecule has 0 atom stereocenters. The molecule has 1 heterocycles. The summed E-state index contributed by atoms with van der Waals surface area (Å²) < 4.78 is 45.3. The van der Waals surface area contributed by atoms with Crippen LogP contribution in [0, 0.1) is 5.82 Å². The molecule has 166 valence electrons. The van der Waals surface area contributed by atoms with Crippen LogP contribution >= 0.6 is 0 Å². The predicted octanol–water partition coefficient (Wildman–Crippen LogP) is 3.64. The van der Waals surface area contributed by atoms with Gasteiger partial charge in [-0.15, -0.1) is 0 Å². The van der Waals surface area contributed by atoms with Crippen LogP contribution in [0.15, 0.2) is 77.8 Å². The summed E-state index contributed by atoms with van der Waals surface area (Å²) in [6.07, 6.45) is 4.46. The third-order valence-electron chi connectivity index (χ3n) is 4.27. The maximum absolute atomic E-state index is 13.4. The van der Waals surface area contributed by atoms with Crippen molar-refractivity contribution in [3.63, 3.8) is 0 Å². The maximum atomic E-state index is 13.4. The zero-order valence-corrected chi connectivity index (χ0v) is 18.1. The van der Waals surface area contributed by atoms with E-state index in [4.69, 9.17) is 4.74 Å². The van der Waals surface area contributed by atoms with Crippen LogP contribution in [0.4, 0.5) is 4.39 Å². The molecule has 0 aliphatic carbocycles. The SMILES string of the molecule is CCNS(=O)(=O)c1ccc(/C=C/C(=O)NCc2cccnc2Oc2cccc(F)c2)cc1. The van der Waals surface area contributed by atoms with E-state index in [1.54, 1.807) is 49.5 Å². The molecule has 7 nitrogen and oxygen atoms in total. The normalized spacial score (nSPS) is 11.4. The number of aromatic nitrogens is 1. The predicted molar refractivity (Wildman–Crippen MR) is 119 cm³/mol. The lowest BCUT2D eigenvalue weighted by Gasteiger charge is -2.10. The van der Waals surface area contributed by atoms with Gasteiger partial charge in [-0.1, -0.05) is 31.2 Å². The number of hydrogen-bond acceptors (Lipinski definition) is 5. The van der Waals surface area contributed by atoms with Crippen molar-refractivity contribution in [2.75, 3.05) is 6.54 Å². The minimum Gasteiger partial charge on any atom is -0.439 e. The molecule has 9 heteroatoms. The first-order valence-corrected chi connectivity index (χ1v) is 11.3. The smallest absolute Gasteiger partial charge is 0.244 e. The number of hydrogen-bond donors (Lipinski definition) is 2. The average molecular weight is 456 g/mol. The molecule has 2 N–H and O–H groups in total. The zero-order chi connectivity index (χ0) is 23.0. The Balaban J connectivity index is 1.60. The Morgan fingerprint density at radius 1 is 1.12 bits per heavy atom. The molecular formula is C23H22FN3O4S. The molecule has 0 aliphatic heterocycles. The van der Waals surface area contributed by atoms with Crippen molar-refractivity contribution in [3.05, 3.63) is 89.9 Å². The molecule has 32 heavy (non-hydrogen) atoms. The Labute approximate surface area is 186 Å². The van der Waals surface area contributed by atoms with Crippen molar-refractivity contribution >= 4 is 22.0 Å². The number of ether oxygens (including phenoxy) is 1. The van der Waals surface area contributed by atoms with Crippen molar-refractivity contribution in [1.82, 2.24) is 15.0 Å². The number of carbonyl (C=O) groups excluding carboxylic acids is 1. The van der Waals surface area contributed by atoms with Gasteiger partial charge in [-0.05, 0) is 42.0 Å². The summed E-state index contributed by atoms with van der Waals surface area (Å²) in [6.45, 7) is 2.16. The third kappa shape index (κ3) is 6.47. The molecule has 0 unspecified atom stereocenters. The molecule has 0 saturated heterocycles. The molecule has 0 bridgehead atoms. The van der Waals surface area contributed by atoms with Gasteiger partial charge >= 0.3 is 0 Å². The lowest BCUT2D eigenvalue weighted by Crippen LogP contribution is -2.23. The van der Waals surface area contributed by atoms with Crippen molar-refractivity contribution < 1.29 is 22.3 Å². The molecule has 0 radical (unpaired) electrons. The average Bonchev–Trinajstić information content (AvgIpc) is 2.77. The van der Waals surface area contributed by atoms with Crippen LogP contribution in [-0.2, 0) is 21.4 Å². The first-order chi connectivity index (χ1) is 15.4. The van der Waals surface area contributed by atoms with Gasteiger partial charge in [0.25, 0.3) is 0 Å². The summed E-state index contributed by atoms with van der Waals surface area (Å²) in [6, 6.07) is 15.3. The van der Waals surface area contributed by atoms with Crippen LogP contribution in [0.25, 0.3) is 6.08 Å². The van der Waals surface area contributed by atoms with Crippen LogP contribution in [0.1, 0.15) is 18.1 Å². The van der Waals surface area contributed by atoms with Crippen molar-refractivity contribution in [2.24, 2.45) is 0 Å². The Morgan fingerprint density at radius 2 is 1.91 bits per heavy atom. The highest BCUT2D eigenvalue weighted by Crippen LogP contribution is 2.23. The fraction of sp³-hybridized carbons (Fsp3) is 0.130. The summed E-state index contributed by atoms with van der Waals surface area (Å²) in [7, 11) is -3.52. The molecule has 0 saturated carbocycles. The van der Waals surface area contributed by atoms with Gasteiger partial charge in [0, 0.05) is 37.0 Å². The number of pyridine rings is 1. The van der Waals surface area contributed by atoms with Gasteiger partial charge in [-0.2, -0.15) is 0 Å². The quantitative estimate of drug-likeness (QED) is 0.480. The second-order valence-electron chi connectivity index (χ2n) is 6.65. The highest BCUT2D eigenvalue weighted by atomic mass is 32.2. The van der Waals surface area contributed by atoms with Gasteiger partial charge in [0.2, 0.25) is 21.8 Å². The molecule has 3 rings (SSSR count). The van der Waals surface area contributed by atoms with E-state index in [9.17, 15) is 17.6 Å². The minimum atomic E-state index is -3.52. The van der Waals surface area contributed by atoms with Crippen molar-refractivity contribution in [1.29, 1.82) is 0 Å². The second kappa shape index (κ2) is 10.7. The van der Waals surface area contributed by atoms with Crippen molar-refractivity contribution in [2.45, 2.75) is 18.4 Å². The Morgan fingerprint density at radius 3 is 2.62 bits per heavy atom. The molecule has 0 spiro atoms. The Hall–Kier alpha value is -3.56. The summed E-state index contributed by atoms with van der Waals surface area (Å²) >= 11 is 0. The van der Waals surface area contributed by atoms with E-state index in [1.807, 2.05) is 0 Å². The number of nitrogens with zero attached hydrogens (tertiary/aromatic N) is 1. The second-order valence-corrected chi connectivity index (χ2v) is 8.42. The number of amides is 1. The van der Waals surface area contributed by atoms with Crippen LogP contribution < -0.4 is 14.8 Å².